The first-order valence-electron chi connectivity index (χ1n) is 20.8. The number of rotatable bonds is 7. The van der Waals surface area contributed by atoms with Crippen molar-refractivity contribution in [2.45, 2.75) is 0 Å². The molecule has 0 atom stereocenters. The van der Waals surface area contributed by atoms with Crippen LogP contribution in [0.3, 0.4) is 0 Å². The Hall–Kier alpha value is -8.48. The smallest absolute Gasteiger partial charge is 0.238 e. The van der Waals surface area contributed by atoms with Crippen molar-refractivity contribution in [2.24, 2.45) is 0 Å². The van der Waals surface area contributed by atoms with Gasteiger partial charge in [-0.2, -0.15) is 9.97 Å². The Morgan fingerprint density at radius 3 is 1.44 bits per heavy atom. The van der Waals surface area contributed by atoms with Gasteiger partial charge < -0.3 is 4.57 Å². The molecule has 0 fully saturated rings. The second-order valence-electron chi connectivity index (χ2n) is 15.5. The lowest BCUT2D eigenvalue weighted by molar-refractivity contribution is 0.954. The number of nitrogens with zero attached hydrogens (tertiary/aromatic N) is 6. The number of benzene rings is 8. The van der Waals surface area contributed by atoms with Crippen molar-refractivity contribution in [1.82, 2.24) is 29.1 Å². The molecule has 8 aromatic carbocycles. The molecule has 12 rings (SSSR count). The summed E-state index contributed by atoms with van der Waals surface area (Å²) in [6.45, 7) is 0. The highest BCUT2D eigenvalue weighted by molar-refractivity contribution is 6.19. The Balaban J connectivity index is 1.07. The molecule has 0 radical (unpaired) electrons. The van der Waals surface area contributed by atoms with Crippen molar-refractivity contribution < 1.29 is 0 Å². The van der Waals surface area contributed by atoms with Gasteiger partial charge in [0.1, 0.15) is 0 Å². The molecule has 6 heteroatoms. The molecule has 62 heavy (non-hydrogen) atoms. The summed E-state index contributed by atoms with van der Waals surface area (Å²) in [4.78, 5) is 20.8. The summed E-state index contributed by atoms with van der Waals surface area (Å²) in [6, 6.07) is 76.1. The van der Waals surface area contributed by atoms with Crippen LogP contribution in [0.2, 0.25) is 0 Å². The average Bonchev–Trinajstić information content (AvgIpc) is 3.86. The maximum atomic E-state index is 5.35. The van der Waals surface area contributed by atoms with Gasteiger partial charge in [0.05, 0.1) is 33.5 Å². The monoisotopic (exact) mass is 792 g/mol. The molecule has 0 saturated carbocycles. The fourth-order valence-electron chi connectivity index (χ4n) is 8.92. The van der Waals surface area contributed by atoms with Gasteiger partial charge in [0, 0.05) is 49.5 Å². The van der Waals surface area contributed by atoms with Crippen molar-refractivity contribution in [2.75, 3.05) is 0 Å². The lowest BCUT2D eigenvalue weighted by Crippen LogP contribution is -2.07. The molecular weight excluding hydrogens is 757 g/mol. The third-order valence-corrected chi connectivity index (χ3v) is 11.8. The van der Waals surface area contributed by atoms with E-state index in [4.69, 9.17) is 19.9 Å². The minimum atomic E-state index is 0.555. The number of para-hydroxylation sites is 2. The molecule has 0 saturated heterocycles. The van der Waals surface area contributed by atoms with E-state index in [0.717, 1.165) is 83.3 Å². The van der Waals surface area contributed by atoms with Crippen LogP contribution in [0, 0.1) is 0 Å². The molecule has 12 aromatic rings. The Bertz CT molecular complexity index is 3610. The van der Waals surface area contributed by atoms with Crippen molar-refractivity contribution >= 4 is 43.6 Å². The van der Waals surface area contributed by atoms with E-state index in [9.17, 15) is 0 Å². The summed E-state index contributed by atoms with van der Waals surface area (Å²) in [5.41, 5.74) is 13.4. The van der Waals surface area contributed by atoms with E-state index in [1.54, 1.807) is 0 Å². The molecular formula is C56H36N6. The fourth-order valence-corrected chi connectivity index (χ4v) is 8.92. The van der Waals surface area contributed by atoms with E-state index >= 15 is 0 Å². The molecule has 0 amide bonds. The SMILES string of the molecule is c1ccc(-c2cccc(-c3ccc(-n4c5ccccc5c5cc6c7ccccc7n(-c7nc(-c8ccccc8)nc(-c8ccccc8-c8ccccc8)n7)c6cc54)cc3)n2)cc1. The van der Waals surface area contributed by atoms with Crippen LogP contribution in [0.1, 0.15) is 0 Å². The Labute approximate surface area is 357 Å². The molecule has 0 aliphatic carbocycles. The van der Waals surface area contributed by atoms with Crippen LogP contribution >= 0.6 is 0 Å². The van der Waals surface area contributed by atoms with Crippen molar-refractivity contribution in [3.05, 3.63) is 218 Å². The van der Waals surface area contributed by atoms with E-state index < -0.39 is 0 Å². The number of hydrogen-bond donors (Lipinski definition) is 0. The standard InChI is InChI=1S/C56H36N6/c1-4-17-37(18-5-1)42-23-10-11-26-45(42)55-58-54(40-21-8-3-9-22-40)59-56(60-55)62-51-30-15-13-25-44(51)47-35-46-43-24-12-14-29-50(43)61(52(46)36-53(47)62)41-33-31-39(32-34-41)49-28-16-27-48(57-49)38-19-6-2-7-20-38/h1-36H. The van der Waals surface area contributed by atoms with Gasteiger partial charge in [0.25, 0.3) is 0 Å². The van der Waals surface area contributed by atoms with Gasteiger partial charge in [0.15, 0.2) is 11.6 Å². The van der Waals surface area contributed by atoms with Crippen LogP contribution in [-0.2, 0) is 0 Å². The van der Waals surface area contributed by atoms with Gasteiger partial charge >= 0.3 is 0 Å². The van der Waals surface area contributed by atoms with Gasteiger partial charge in [0.2, 0.25) is 5.95 Å². The Morgan fingerprint density at radius 1 is 0.274 bits per heavy atom. The molecule has 0 bridgehead atoms. The van der Waals surface area contributed by atoms with E-state index in [2.05, 4.69) is 179 Å². The number of hydrogen-bond acceptors (Lipinski definition) is 4. The van der Waals surface area contributed by atoms with Crippen LogP contribution in [0.15, 0.2) is 218 Å². The Morgan fingerprint density at radius 2 is 0.774 bits per heavy atom. The summed E-state index contributed by atoms with van der Waals surface area (Å²) in [7, 11) is 0. The summed E-state index contributed by atoms with van der Waals surface area (Å²) < 4.78 is 4.58. The highest BCUT2D eigenvalue weighted by Crippen LogP contribution is 2.40. The summed E-state index contributed by atoms with van der Waals surface area (Å²) in [6.07, 6.45) is 0. The van der Waals surface area contributed by atoms with E-state index in [0.29, 0.717) is 17.6 Å². The first-order valence-corrected chi connectivity index (χ1v) is 20.8. The maximum Gasteiger partial charge on any atom is 0.238 e. The van der Waals surface area contributed by atoms with Gasteiger partial charge in [-0.25, -0.2) is 9.97 Å². The van der Waals surface area contributed by atoms with Crippen LogP contribution in [0.25, 0.3) is 112 Å². The van der Waals surface area contributed by atoms with E-state index in [-0.39, 0.29) is 0 Å². The lowest BCUT2D eigenvalue weighted by atomic mass is 9.99. The summed E-state index contributed by atoms with van der Waals surface area (Å²) in [5.74, 6) is 1.77. The first-order chi connectivity index (χ1) is 30.7. The topological polar surface area (TPSA) is 61.4 Å². The average molecular weight is 793 g/mol. The summed E-state index contributed by atoms with van der Waals surface area (Å²) in [5, 5.41) is 4.62. The maximum absolute atomic E-state index is 5.35. The summed E-state index contributed by atoms with van der Waals surface area (Å²) >= 11 is 0. The number of aromatic nitrogens is 6. The quantitative estimate of drug-likeness (QED) is 0.161. The van der Waals surface area contributed by atoms with Crippen molar-refractivity contribution in [3.8, 4) is 68.1 Å². The molecule has 0 aliphatic rings. The zero-order valence-electron chi connectivity index (χ0n) is 33.5. The third kappa shape index (κ3) is 5.96. The number of pyridine rings is 1. The van der Waals surface area contributed by atoms with Crippen molar-refractivity contribution in [3.63, 3.8) is 0 Å². The van der Waals surface area contributed by atoms with Crippen LogP contribution < -0.4 is 0 Å². The second-order valence-corrected chi connectivity index (χ2v) is 15.5. The normalized spacial score (nSPS) is 11.5. The van der Waals surface area contributed by atoms with Gasteiger partial charge in [-0.05, 0) is 59.7 Å². The lowest BCUT2D eigenvalue weighted by Gasteiger charge is -2.13. The predicted molar refractivity (Wildman–Crippen MR) is 253 cm³/mol. The van der Waals surface area contributed by atoms with Gasteiger partial charge in [-0.15, -0.1) is 0 Å². The van der Waals surface area contributed by atoms with Crippen LogP contribution in [0.4, 0.5) is 0 Å². The molecule has 4 aromatic heterocycles. The molecule has 6 nitrogen and oxygen atoms in total. The minimum Gasteiger partial charge on any atom is -0.309 e. The van der Waals surface area contributed by atoms with E-state index in [1.807, 2.05) is 48.5 Å². The Kier molecular flexibility index (Phi) is 8.38. The zero-order chi connectivity index (χ0) is 41.0. The molecule has 4 heterocycles. The second kappa shape index (κ2) is 14.7. The zero-order valence-corrected chi connectivity index (χ0v) is 33.5. The van der Waals surface area contributed by atoms with Crippen molar-refractivity contribution in [1.29, 1.82) is 0 Å². The van der Waals surface area contributed by atoms with Gasteiger partial charge in [-0.1, -0.05) is 170 Å². The number of fused-ring (bicyclic) bond motifs is 6. The van der Waals surface area contributed by atoms with Crippen LogP contribution in [0.5, 0.6) is 0 Å². The molecule has 0 unspecified atom stereocenters. The fraction of sp³-hybridized carbons (Fsp3) is 0. The van der Waals surface area contributed by atoms with Crippen LogP contribution in [-0.4, -0.2) is 29.1 Å². The minimum absolute atomic E-state index is 0.555. The molecule has 290 valence electrons. The molecule has 0 aliphatic heterocycles. The predicted octanol–water partition coefficient (Wildman–Crippen LogP) is 13.8. The largest absolute Gasteiger partial charge is 0.309 e. The highest BCUT2D eigenvalue weighted by Gasteiger charge is 2.22. The molecule has 0 spiro atoms. The van der Waals surface area contributed by atoms with E-state index in [1.165, 1.54) is 10.8 Å². The first kappa shape index (κ1) is 35.5. The molecule has 0 N–H and O–H groups in total. The third-order valence-electron chi connectivity index (χ3n) is 11.8. The highest BCUT2D eigenvalue weighted by atomic mass is 15.2. The van der Waals surface area contributed by atoms with Gasteiger partial charge in [-0.3, -0.25) is 4.57 Å².